The molecule has 0 spiro atoms. The quantitative estimate of drug-likeness (QED) is 0.577. The van der Waals surface area contributed by atoms with Crippen molar-refractivity contribution >= 4 is 32.5 Å². The average Bonchev–Trinajstić information content (AvgIpc) is 1.83. The minimum atomic E-state index is 0.287. The number of rotatable bonds is 3. The highest BCUT2D eigenvalue weighted by Gasteiger charge is 1.92. The molecule has 0 aliphatic carbocycles. The van der Waals surface area contributed by atoms with Gasteiger partial charge in [-0.3, -0.25) is 4.99 Å². The summed E-state index contributed by atoms with van der Waals surface area (Å²) in [5, 5.41) is 6.86. The average molecular weight is 238 g/mol. The van der Waals surface area contributed by atoms with Gasteiger partial charge in [-0.05, 0) is 35.7 Å². The Morgan fingerprint density at radius 3 is 2.78 bits per heavy atom. The third-order valence-corrected chi connectivity index (χ3v) is 1.22. The van der Waals surface area contributed by atoms with E-state index in [1.165, 1.54) is 6.21 Å². The highest BCUT2D eigenvalue weighted by molar-refractivity contribution is 14.1. The topological polar surface area (TPSA) is 36.2 Å². The fourth-order valence-corrected chi connectivity index (χ4v) is 0.519. The van der Waals surface area contributed by atoms with Crippen LogP contribution in [0.25, 0.3) is 0 Å². The Balaban J connectivity index is 3.49. The monoisotopic (exact) mass is 238 g/mol. The molecule has 0 aromatic heterocycles. The predicted molar refractivity (Wildman–Crippen MR) is 49.9 cm³/mol. The van der Waals surface area contributed by atoms with Crippen LogP contribution < -0.4 is 0 Å². The highest BCUT2D eigenvalue weighted by Crippen LogP contribution is 1.94. The molecule has 0 rings (SSSR count). The summed E-state index contributed by atoms with van der Waals surface area (Å²) < 4.78 is 1.06. The molecule has 52 valence electrons. The van der Waals surface area contributed by atoms with Gasteiger partial charge in [-0.1, -0.05) is 6.92 Å². The number of hydrogen-bond acceptors (Lipinski definition) is 2. The van der Waals surface area contributed by atoms with Crippen LogP contribution in [-0.2, 0) is 0 Å². The van der Waals surface area contributed by atoms with E-state index < -0.39 is 0 Å². The van der Waals surface area contributed by atoms with Gasteiger partial charge in [-0.25, -0.2) is 0 Å². The van der Waals surface area contributed by atoms with Gasteiger partial charge in [0.1, 0.15) is 0 Å². The van der Waals surface area contributed by atoms with Crippen molar-refractivity contribution < 1.29 is 0 Å². The van der Waals surface area contributed by atoms with Gasteiger partial charge in [0.15, 0.2) is 0 Å². The summed E-state index contributed by atoms with van der Waals surface area (Å²) in [5.74, 6) is 0.287. The molecular formula is C6H11IN2. The molecule has 0 bridgehead atoms. The second-order valence-corrected chi connectivity index (χ2v) is 3.54. The van der Waals surface area contributed by atoms with Crippen molar-refractivity contribution in [3.63, 3.8) is 0 Å². The summed E-state index contributed by atoms with van der Waals surface area (Å²) in [7, 11) is 0. The Labute approximate surface area is 69.4 Å². The lowest BCUT2D eigenvalue weighted by Crippen LogP contribution is -1.99. The predicted octanol–water partition coefficient (Wildman–Crippen LogP) is 2.13. The fraction of sp³-hybridized carbons (Fsp3) is 0.667. The molecule has 0 saturated heterocycles. The molecule has 1 unspecified atom stereocenters. The third kappa shape index (κ3) is 5.95. The van der Waals surface area contributed by atoms with Gasteiger partial charge < -0.3 is 5.41 Å². The third-order valence-electron chi connectivity index (χ3n) is 0.882. The van der Waals surface area contributed by atoms with Crippen molar-refractivity contribution in [3.05, 3.63) is 0 Å². The maximum atomic E-state index is 6.86. The zero-order valence-corrected chi connectivity index (χ0v) is 7.84. The molecule has 0 fully saturated rings. The van der Waals surface area contributed by atoms with Crippen molar-refractivity contribution in [2.75, 3.05) is 6.54 Å². The number of aliphatic imine (C=N–C) groups is 1. The van der Waals surface area contributed by atoms with E-state index in [2.05, 4.69) is 27.6 Å². The maximum Gasteiger partial charge on any atom is 0.0697 e. The molecule has 1 N–H and O–H groups in total. The molecule has 0 saturated carbocycles. The molecule has 0 aromatic carbocycles. The molecular weight excluding hydrogens is 227 g/mol. The number of hydrogen-bond donors (Lipinski definition) is 1. The highest BCUT2D eigenvalue weighted by atomic mass is 127. The van der Waals surface area contributed by atoms with Crippen molar-refractivity contribution in [3.8, 4) is 0 Å². The van der Waals surface area contributed by atoms with E-state index in [1.807, 2.05) is 13.8 Å². The number of nitrogens with one attached hydrogen (secondary N) is 1. The molecule has 2 nitrogen and oxygen atoms in total. The molecule has 3 heteroatoms. The van der Waals surface area contributed by atoms with Gasteiger partial charge in [0.2, 0.25) is 0 Å². The Morgan fingerprint density at radius 2 is 2.44 bits per heavy atom. The first-order valence-electron chi connectivity index (χ1n) is 2.84. The molecule has 0 aliphatic rings. The van der Waals surface area contributed by atoms with Crippen LogP contribution in [0.3, 0.4) is 0 Å². The minimum absolute atomic E-state index is 0.287. The normalized spacial score (nSPS) is 15.2. The van der Waals surface area contributed by atoms with E-state index in [0.29, 0.717) is 0 Å². The molecule has 0 radical (unpaired) electrons. The SMILES string of the molecule is C/C(I)=N/CC(C)C=N. The zero-order chi connectivity index (χ0) is 7.28. The van der Waals surface area contributed by atoms with E-state index in [-0.39, 0.29) is 5.92 Å². The van der Waals surface area contributed by atoms with Crippen LogP contribution in [-0.4, -0.2) is 16.5 Å². The van der Waals surface area contributed by atoms with Gasteiger partial charge in [-0.15, -0.1) is 0 Å². The first-order chi connectivity index (χ1) is 4.16. The minimum Gasteiger partial charge on any atom is -0.313 e. The second-order valence-electron chi connectivity index (χ2n) is 1.98. The second kappa shape index (κ2) is 4.90. The molecule has 1 atom stereocenters. The van der Waals surface area contributed by atoms with Crippen LogP contribution in [0.5, 0.6) is 0 Å². The first kappa shape index (κ1) is 9.07. The van der Waals surface area contributed by atoms with Crippen molar-refractivity contribution in [2.45, 2.75) is 13.8 Å². The van der Waals surface area contributed by atoms with Gasteiger partial charge in [0.25, 0.3) is 0 Å². The van der Waals surface area contributed by atoms with Crippen molar-refractivity contribution in [2.24, 2.45) is 10.9 Å². The molecule has 0 aliphatic heterocycles. The zero-order valence-electron chi connectivity index (χ0n) is 5.69. The first-order valence-corrected chi connectivity index (χ1v) is 3.92. The summed E-state index contributed by atoms with van der Waals surface area (Å²) in [4.78, 5) is 4.15. The lowest BCUT2D eigenvalue weighted by Gasteiger charge is -1.97. The molecule has 0 aromatic rings. The molecule has 0 heterocycles. The van der Waals surface area contributed by atoms with Gasteiger partial charge in [0.05, 0.1) is 3.72 Å². The number of nitrogens with zero attached hydrogens (tertiary/aromatic N) is 1. The summed E-state index contributed by atoms with van der Waals surface area (Å²) in [6.45, 7) is 4.69. The maximum absolute atomic E-state index is 6.86. The van der Waals surface area contributed by atoms with Crippen LogP contribution >= 0.6 is 22.6 Å². The van der Waals surface area contributed by atoms with Gasteiger partial charge in [-0.2, -0.15) is 0 Å². The van der Waals surface area contributed by atoms with Gasteiger partial charge >= 0.3 is 0 Å². The smallest absolute Gasteiger partial charge is 0.0697 e. The Morgan fingerprint density at radius 1 is 1.89 bits per heavy atom. The van der Waals surface area contributed by atoms with Crippen LogP contribution in [0.15, 0.2) is 4.99 Å². The summed E-state index contributed by atoms with van der Waals surface area (Å²) in [6, 6.07) is 0. The van der Waals surface area contributed by atoms with Gasteiger partial charge in [0, 0.05) is 12.5 Å². The van der Waals surface area contributed by atoms with Crippen molar-refractivity contribution in [1.82, 2.24) is 0 Å². The lowest BCUT2D eigenvalue weighted by atomic mass is 10.2. The Bertz CT molecular complexity index is 116. The Kier molecular flexibility index (Phi) is 4.94. The Hall–Kier alpha value is 0.0700. The largest absolute Gasteiger partial charge is 0.313 e. The van der Waals surface area contributed by atoms with E-state index in [4.69, 9.17) is 5.41 Å². The summed E-state index contributed by atoms with van der Waals surface area (Å²) in [6.07, 6.45) is 1.42. The molecule has 0 amide bonds. The number of halogens is 1. The summed E-state index contributed by atoms with van der Waals surface area (Å²) >= 11 is 2.17. The van der Waals surface area contributed by atoms with E-state index in [9.17, 15) is 0 Å². The standard InChI is InChI=1S/C6H11IN2/c1-5(3-8)4-9-6(2)7/h3,5,8H,4H2,1-2H3/b8-3?,9-6-. The van der Waals surface area contributed by atoms with E-state index in [0.717, 1.165) is 10.3 Å². The van der Waals surface area contributed by atoms with Crippen LogP contribution in [0.1, 0.15) is 13.8 Å². The lowest BCUT2D eigenvalue weighted by molar-refractivity contribution is 0.798. The van der Waals surface area contributed by atoms with E-state index >= 15 is 0 Å². The van der Waals surface area contributed by atoms with Crippen molar-refractivity contribution in [1.29, 1.82) is 5.41 Å². The van der Waals surface area contributed by atoms with Crippen LogP contribution in [0.2, 0.25) is 0 Å². The molecule has 9 heavy (non-hydrogen) atoms. The summed E-state index contributed by atoms with van der Waals surface area (Å²) in [5.41, 5.74) is 0. The fourth-order valence-electron chi connectivity index (χ4n) is 0.322. The van der Waals surface area contributed by atoms with Crippen LogP contribution in [0, 0.1) is 11.3 Å². The van der Waals surface area contributed by atoms with E-state index in [1.54, 1.807) is 0 Å². The van der Waals surface area contributed by atoms with Crippen LogP contribution in [0.4, 0.5) is 0 Å².